The van der Waals surface area contributed by atoms with Gasteiger partial charge in [0.05, 0.1) is 7.11 Å². The molecule has 2 aromatic carbocycles. The molecule has 1 aromatic heterocycles. The number of halogens is 1. The Balaban J connectivity index is 1.78. The van der Waals surface area contributed by atoms with Gasteiger partial charge in [0, 0.05) is 22.7 Å². The molecule has 0 spiro atoms. The molecule has 0 aliphatic carbocycles. The first kappa shape index (κ1) is 16.1. The fraction of sp³-hybridized carbons (Fsp3) is 0.118. The summed E-state index contributed by atoms with van der Waals surface area (Å²) in [5.41, 5.74) is 1.78. The summed E-state index contributed by atoms with van der Waals surface area (Å²) in [5, 5.41) is 3.01. The van der Waals surface area contributed by atoms with Crippen molar-refractivity contribution in [1.82, 2.24) is 9.36 Å². The number of ether oxygens (including phenoxy) is 1. The van der Waals surface area contributed by atoms with Crippen molar-refractivity contribution in [2.45, 2.75) is 6.92 Å². The van der Waals surface area contributed by atoms with Crippen LogP contribution in [0.4, 0.5) is 9.52 Å². The van der Waals surface area contributed by atoms with E-state index in [4.69, 9.17) is 4.74 Å². The Kier molecular flexibility index (Phi) is 4.52. The van der Waals surface area contributed by atoms with E-state index in [9.17, 15) is 9.18 Å². The van der Waals surface area contributed by atoms with Crippen molar-refractivity contribution in [2.75, 3.05) is 12.4 Å². The number of rotatable bonds is 4. The van der Waals surface area contributed by atoms with Gasteiger partial charge in [0.15, 0.2) is 5.82 Å². The van der Waals surface area contributed by atoms with Crippen LogP contribution in [-0.2, 0) is 0 Å². The van der Waals surface area contributed by atoms with Gasteiger partial charge in [0.25, 0.3) is 5.91 Å². The predicted molar refractivity (Wildman–Crippen MR) is 91.0 cm³/mol. The second-order valence-corrected chi connectivity index (χ2v) is 5.82. The molecule has 122 valence electrons. The second-order valence-electron chi connectivity index (χ2n) is 5.07. The maximum atomic E-state index is 13.3. The van der Waals surface area contributed by atoms with E-state index in [0.717, 1.165) is 22.8 Å². The van der Waals surface area contributed by atoms with E-state index in [-0.39, 0.29) is 5.56 Å². The van der Waals surface area contributed by atoms with Crippen LogP contribution in [-0.4, -0.2) is 22.4 Å². The Labute approximate surface area is 142 Å². The number of methoxy groups -OCH3 is 1. The quantitative estimate of drug-likeness (QED) is 0.780. The number of aromatic nitrogens is 2. The van der Waals surface area contributed by atoms with Crippen molar-refractivity contribution in [3.63, 3.8) is 0 Å². The van der Waals surface area contributed by atoms with Gasteiger partial charge in [-0.1, -0.05) is 6.07 Å². The molecule has 0 unspecified atom stereocenters. The molecular formula is C17H14FN3O2S. The number of nitrogens with one attached hydrogen (secondary N) is 1. The number of aryl methyl sites for hydroxylation is 1. The number of carbonyl (C=O) groups is 1. The summed E-state index contributed by atoms with van der Waals surface area (Å²) in [6, 6.07) is 11.4. The zero-order valence-corrected chi connectivity index (χ0v) is 13.9. The van der Waals surface area contributed by atoms with Crippen LogP contribution < -0.4 is 10.1 Å². The first-order valence-corrected chi connectivity index (χ1v) is 7.90. The molecule has 0 saturated heterocycles. The van der Waals surface area contributed by atoms with Crippen LogP contribution in [0.5, 0.6) is 5.75 Å². The molecule has 1 amide bonds. The Hall–Kier alpha value is -2.80. The van der Waals surface area contributed by atoms with Crippen molar-refractivity contribution in [3.8, 4) is 17.1 Å². The number of hydrogen-bond donors (Lipinski definition) is 1. The highest BCUT2D eigenvalue weighted by molar-refractivity contribution is 7.10. The van der Waals surface area contributed by atoms with Crippen LogP contribution in [0.25, 0.3) is 11.4 Å². The predicted octanol–water partition coefficient (Wildman–Crippen LogP) is 3.91. The second kappa shape index (κ2) is 6.76. The van der Waals surface area contributed by atoms with Crippen molar-refractivity contribution < 1.29 is 13.9 Å². The van der Waals surface area contributed by atoms with Crippen molar-refractivity contribution in [2.24, 2.45) is 0 Å². The maximum absolute atomic E-state index is 13.3. The molecule has 0 fully saturated rings. The molecule has 3 aromatic rings. The average Bonchev–Trinajstić information content (AvgIpc) is 3.05. The smallest absolute Gasteiger partial charge is 0.257 e. The average molecular weight is 343 g/mol. The Bertz CT molecular complexity index is 878. The third-order valence-electron chi connectivity index (χ3n) is 3.44. The summed E-state index contributed by atoms with van der Waals surface area (Å²) in [6.07, 6.45) is 0. The number of amides is 1. The van der Waals surface area contributed by atoms with Gasteiger partial charge in [0.1, 0.15) is 11.6 Å². The van der Waals surface area contributed by atoms with E-state index in [1.165, 1.54) is 12.1 Å². The zero-order valence-electron chi connectivity index (χ0n) is 13.0. The Morgan fingerprint density at radius 2 is 1.96 bits per heavy atom. The highest BCUT2D eigenvalue weighted by Crippen LogP contribution is 2.24. The molecule has 5 nitrogen and oxygen atoms in total. The van der Waals surface area contributed by atoms with E-state index in [1.54, 1.807) is 20.1 Å². The number of anilines is 1. The molecule has 0 aliphatic heterocycles. The summed E-state index contributed by atoms with van der Waals surface area (Å²) in [6.45, 7) is 1.75. The van der Waals surface area contributed by atoms with Gasteiger partial charge in [-0.3, -0.25) is 10.1 Å². The third-order valence-corrected chi connectivity index (χ3v) is 4.07. The van der Waals surface area contributed by atoms with Gasteiger partial charge in [-0.05, 0) is 48.9 Å². The number of nitrogens with zero attached hydrogens (tertiary/aromatic N) is 2. The van der Waals surface area contributed by atoms with Crippen molar-refractivity contribution in [1.29, 1.82) is 0 Å². The molecule has 0 aliphatic rings. The normalized spacial score (nSPS) is 10.5. The fourth-order valence-corrected chi connectivity index (χ4v) is 2.72. The van der Waals surface area contributed by atoms with E-state index in [2.05, 4.69) is 14.7 Å². The molecule has 3 rings (SSSR count). The summed E-state index contributed by atoms with van der Waals surface area (Å²) in [7, 11) is 1.60. The number of hydrogen-bond acceptors (Lipinski definition) is 5. The van der Waals surface area contributed by atoms with Gasteiger partial charge >= 0.3 is 0 Å². The first-order valence-electron chi connectivity index (χ1n) is 7.12. The van der Waals surface area contributed by atoms with Crippen LogP contribution in [0.2, 0.25) is 0 Å². The van der Waals surface area contributed by atoms with E-state index < -0.39 is 11.7 Å². The molecular weight excluding hydrogens is 329 g/mol. The molecule has 7 heteroatoms. The van der Waals surface area contributed by atoms with Gasteiger partial charge in [0.2, 0.25) is 5.13 Å². The summed E-state index contributed by atoms with van der Waals surface area (Å²) >= 11 is 1.07. The lowest BCUT2D eigenvalue weighted by atomic mass is 10.1. The molecule has 1 N–H and O–H groups in total. The number of carbonyl (C=O) groups excluding carboxylic acids is 1. The molecule has 0 bridgehead atoms. The molecule has 24 heavy (non-hydrogen) atoms. The minimum Gasteiger partial charge on any atom is -0.497 e. The maximum Gasteiger partial charge on any atom is 0.257 e. The van der Waals surface area contributed by atoms with E-state index >= 15 is 0 Å². The van der Waals surface area contributed by atoms with Gasteiger partial charge in [-0.2, -0.15) is 9.36 Å². The van der Waals surface area contributed by atoms with Crippen LogP contribution in [0.3, 0.4) is 0 Å². The summed E-state index contributed by atoms with van der Waals surface area (Å²) < 4.78 is 22.7. The lowest BCUT2D eigenvalue weighted by Crippen LogP contribution is -2.13. The van der Waals surface area contributed by atoms with Crippen molar-refractivity contribution in [3.05, 3.63) is 59.4 Å². The minimum absolute atomic E-state index is 0.274. The van der Waals surface area contributed by atoms with E-state index in [1.807, 2.05) is 24.3 Å². The van der Waals surface area contributed by atoms with Gasteiger partial charge in [-0.15, -0.1) is 0 Å². The third kappa shape index (κ3) is 3.41. The SMILES string of the molecule is COc1ccc(-c2nsc(NC(=O)c3cc(F)ccc3C)n2)cc1. The number of benzene rings is 2. The van der Waals surface area contributed by atoms with Crippen LogP contribution in [0.1, 0.15) is 15.9 Å². The topological polar surface area (TPSA) is 64.1 Å². The van der Waals surface area contributed by atoms with Gasteiger partial charge in [-0.25, -0.2) is 4.39 Å². The Morgan fingerprint density at radius 3 is 2.67 bits per heavy atom. The highest BCUT2D eigenvalue weighted by atomic mass is 32.1. The van der Waals surface area contributed by atoms with Crippen LogP contribution >= 0.6 is 11.5 Å². The van der Waals surface area contributed by atoms with Crippen LogP contribution in [0, 0.1) is 12.7 Å². The lowest BCUT2D eigenvalue weighted by molar-refractivity contribution is 0.102. The zero-order chi connectivity index (χ0) is 17.1. The van der Waals surface area contributed by atoms with Crippen molar-refractivity contribution >= 4 is 22.6 Å². The molecule has 0 radical (unpaired) electrons. The monoisotopic (exact) mass is 343 g/mol. The summed E-state index contributed by atoms with van der Waals surface area (Å²) in [4.78, 5) is 16.6. The standard InChI is InChI=1S/C17H14FN3O2S/c1-10-3-6-12(18)9-14(10)16(22)20-17-19-15(21-24-17)11-4-7-13(23-2)8-5-11/h3-9H,1-2H3,(H,19,20,21,22). The summed E-state index contributed by atoms with van der Waals surface area (Å²) in [5.74, 6) is 0.379. The lowest BCUT2D eigenvalue weighted by Gasteiger charge is -2.05. The molecule has 0 atom stereocenters. The van der Waals surface area contributed by atoms with Gasteiger partial charge < -0.3 is 4.74 Å². The van der Waals surface area contributed by atoms with E-state index in [0.29, 0.717) is 16.5 Å². The minimum atomic E-state index is -0.457. The molecule has 1 heterocycles. The fourth-order valence-electron chi connectivity index (χ4n) is 2.13. The Morgan fingerprint density at radius 1 is 1.21 bits per heavy atom. The highest BCUT2D eigenvalue weighted by Gasteiger charge is 2.14. The first-order chi connectivity index (χ1) is 11.6. The van der Waals surface area contributed by atoms with Crippen LogP contribution in [0.15, 0.2) is 42.5 Å². The molecule has 0 saturated carbocycles. The largest absolute Gasteiger partial charge is 0.497 e.